The van der Waals surface area contributed by atoms with Crippen LogP contribution in [0.5, 0.6) is 0 Å². The van der Waals surface area contributed by atoms with Crippen molar-refractivity contribution in [3.05, 3.63) is 0 Å². The zero-order chi connectivity index (χ0) is 12.4. The summed E-state index contributed by atoms with van der Waals surface area (Å²) in [5.41, 5.74) is 0. The number of carbonyl (C=O) groups is 1. The van der Waals surface area contributed by atoms with Crippen molar-refractivity contribution in [3.63, 3.8) is 0 Å². The molecule has 2 fully saturated rings. The van der Waals surface area contributed by atoms with Gasteiger partial charge in [-0.25, -0.2) is 0 Å². The van der Waals surface area contributed by atoms with Gasteiger partial charge in [0.2, 0.25) is 5.91 Å². The molecule has 2 aliphatic heterocycles. The molecule has 2 rings (SSSR count). The lowest BCUT2D eigenvalue weighted by atomic mass is 10.0. The topological polar surface area (TPSA) is 32.3 Å². The van der Waals surface area contributed by atoms with Gasteiger partial charge < -0.3 is 4.90 Å². The van der Waals surface area contributed by atoms with E-state index in [0.29, 0.717) is 17.9 Å². The minimum absolute atomic E-state index is 0.0552. The van der Waals surface area contributed by atoms with E-state index in [-0.39, 0.29) is 12.2 Å². The first-order valence-corrected chi connectivity index (χ1v) is 7.91. The van der Waals surface area contributed by atoms with Crippen molar-refractivity contribution in [1.29, 1.82) is 0 Å². The fraction of sp³-hybridized carbons (Fsp3) is 0.923. The Morgan fingerprint density at radius 2 is 2.06 bits per heavy atom. The van der Waals surface area contributed by atoms with Crippen molar-refractivity contribution in [3.8, 4) is 0 Å². The number of thioether (sulfide) groups is 1. The van der Waals surface area contributed by atoms with Gasteiger partial charge in [-0.15, -0.1) is 0 Å². The second-order valence-electron chi connectivity index (χ2n) is 5.61. The van der Waals surface area contributed by atoms with Gasteiger partial charge in [0.05, 0.1) is 12.2 Å². The highest BCUT2D eigenvalue weighted by Crippen LogP contribution is 2.27. The van der Waals surface area contributed by atoms with Crippen LogP contribution in [0.3, 0.4) is 0 Å². The van der Waals surface area contributed by atoms with Gasteiger partial charge in [-0.05, 0) is 43.6 Å². The zero-order valence-corrected chi connectivity index (χ0v) is 11.9. The number of carbonyl (C=O) groups excluding carboxylic acids is 1. The number of rotatable bonds is 3. The monoisotopic (exact) mass is 256 g/mol. The van der Waals surface area contributed by atoms with E-state index < -0.39 is 0 Å². The minimum Gasteiger partial charge on any atom is -0.323 e. The number of hydrogen-bond donors (Lipinski definition) is 1. The Bertz CT molecular complexity index is 277. The van der Waals surface area contributed by atoms with E-state index in [9.17, 15) is 4.79 Å². The third kappa shape index (κ3) is 2.97. The third-order valence-corrected chi connectivity index (χ3v) is 4.75. The van der Waals surface area contributed by atoms with Crippen molar-refractivity contribution in [2.75, 3.05) is 11.5 Å². The van der Waals surface area contributed by atoms with Crippen LogP contribution in [0.2, 0.25) is 0 Å². The Morgan fingerprint density at radius 1 is 1.41 bits per heavy atom. The minimum atomic E-state index is 0.0552. The van der Waals surface area contributed by atoms with Crippen LogP contribution < -0.4 is 5.32 Å². The molecular weight excluding hydrogens is 232 g/mol. The van der Waals surface area contributed by atoms with Crippen molar-refractivity contribution in [1.82, 2.24) is 10.2 Å². The van der Waals surface area contributed by atoms with Crippen molar-refractivity contribution in [2.24, 2.45) is 5.92 Å². The van der Waals surface area contributed by atoms with Crippen LogP contribution in [0, 0.1) is 5.92 Å². The Labute approximate surface area is 109 Å². The molecule has 0 radical (unpaired) electrons. The van der Waals surface area contributed by atoms with Gasteiger partial charge in [0, 0.05) is 6.04 Å². The molecule has 3 nitrogen and oxygen atoms in total. The normalized spacial score (nSPS) is 31.5. The van der Waals surface area contributed by atoms with E-state index in [2.05, 4.69) is 31.0 Å². The quantitative estimate of drug-likeness (QED) is 0.839. The highest BCUT2D eigenvalue weighted by molar-refractivity contribution is 7.99. The summed E-state index contributed by atoms with van der Waals surface area (Å²) >= 11 is 2.01. The first-order valence-electron chi connectivity index (χ1n) is 6.75. The second-order valence-corrected chi connectivity index (χ2v) is 6.84. The van der Waals surface area contributed by atoms with Gasteiger partial charge in [-0.2, -0.15) is 11.8 Å². The second kappa shape index (κ2) is 5.61. The molecule has 2 aliphatic rings. The average Bonchev–Trinajstić information content (AvgIpc) is 2.54. The molecule has 4 heteroatoms. The first-order chi connectivity index (χ1) is 8.09. The highest BCUT2D eigenvalue weighted by Gasteiger charge is 2.40. The maximum absolute atomic E-state index is 12.4. The van der Waals surface area contributed by atoms with Crippen LogP contribution >= 0.6 is 11.8 Å². The van der Waals surface area contributed by atoms with Crippen molar-refractivity contribution in [2.45, 2.75) is 58.3 Å². The van der Waals surface area contributed by atoms with E-state index in [1.54, 1.807) is 0 Å². The summed E-state index contributed by atoms with van der Waals surface area (Å²) in [5.74, 6) is 3.32. The summed E-state index contributed by atoms with van der Waals surface area (Å²) in [5, 5.41) is 3.45. The number of nitrogens with zero attached hydrogens (tertiary/aromatic N) is 1. The molecule has 2 unspecified atom stereocenters. The fourth-order valence-corrected chi connectivity index (χ4v) is 3.99. The van der Waals surface area contributed by atoms with E-state index in [0.717, 1.165) is 19.3 Å². The molecule has 2 atom stereocenters. The molecule has 0 bridgehead atoms. The van der Waals surface area contributed by atoms with Gasteiger partial charge in [0.15, 0.2) is 0 Å². The lowest BCUT2D eigenvalue weighted by Gasteiger charge is -2.33. The summed E-state index contributed by atoms with van der Waals surface area (Å²) in [6, 6.07) is 0.531. The zero-order valence-electron chi connectivity index (χ0n) is 11.1. The molecule has 2 saturated heterocycles. The number of nitrogens with one attached hydrogen (secondary N) is 1. The molecule has 0 aromatic carbocycles. The SMILES string of the molecule is CC(C)CC1NC(C)N(C2CCSCC2)C1=O. The summed E-state index contributed by atoms with van der Waals surface area (Å²) < 4.78 is 0. The lowest BCUT2D eigenvalue weighted by molar-refractivity contribution is -0.132. The van der Waals surface area contributed by atoms with Crippen molar-refractivity contribution >= 4 is 17.7 Å². The van der Waals surface area contributed by atoms with Crippen LogP contribution in [0.25, 0.3) is 0 Å². The van der Waals surface area contributed by atoms with Crippen LogP contribution in [-0.2, 0) is 4.79 Å². The molecule has 98 valence electrons. The summed E-state index contributed by atoms with van der Waals surface area (Å²) in [4.78, 5) is 14.5. The standard InChI is InChI=1S/C13H24N2OS/c1-9(2)8-12-13(16)15(10(3)14-12)11-4-6-17-7-5-11/h9-12,14H,4-8H2,1-3H3. The molecule has 0 spiro atoms. The molecule has 1 amide bonds. The predicted octanol–water partition coefficient (Wildman–Crippen LogP) is 2.07. The molecule has 0 aliphatic carbocycles. The van der Waals surface area contributed by atoms with E-state index in [1.807, 2.05) is 11.8 Å². The maximum Gasteiger partial charge on any atom is 0.241 e. The Hall–Kier alpha value is -0.220. The van der Waals surface area contributed by atoms with Gasteiger partial charge >= 0.3 is 0 Å². The van der Waals surface area contributed by atoms with E-state index >= 15 is 0 Å². The Morgan fingerprint density at radius 3 is 2.65 bits per heavy atom. The summed E-state index contributed by atoms with van der Waals surface area (Å²) in [7, 11) is 0. The molecule has 1 N–H and O–H groups in total. The Balaban J connectivity index is 2.00. The van der Waals surface area contributed by atoms with E-state index in [1.165, 1.54) is 11.5 Å². The smallest absolute Gasteiger partial charge is 0.241 e. The van der Waals surface area contributed by atoms with Gasteiger partial charge in [-0.3, -0.25) is 10.1 Å². The number of hydrogen-bond acceptors (Lipinski definition) is 3. The maximum atomic E-state index is 12.4. The molecule has 0 aromatic heterocycles. The molecular formula is C13H24N2OS. The van der Waals surface area contributed by atoms with Crippen LogP contribution in [0.15, 0.2) is 0 Å². The molecule has 0 aromatic rings. The fourth-order valence-electron chi connectivity index (χ4n) is 2.91. The highest BCUT2D eigenvalue weighted by atomic mass is 32.2. The molecule has 17 heavy (non-hydrogen) atoms. The van der Waals surface area contributed by atoms with Crippen LogP contribution in [0.4, 0.5) is 0 Å². The lowest BCUT2D eigenvalue weighted by Crippen LogP contribution is -2.44. The van der Waals surface area contributed by atoms with E-state index in [4.69, 9.17) is 0 Å². The van der Waals surface area contributed by atoms with Gasteiger partial charge in [0.25, 0.3) is 0 Å². The summed E-state index contributed by atoms with van der Waals surface area (Å²) in [6.07, 6.45) is 3.51. The Kier molecular flexibility index (Phi) is 4.36. The third-order valence-electron chi connectivity index (χ3n) is 3.70. The number of amides is 1. The van der Waals surface area contributed by atoms with Crippen LogP contribution in [0.1, 0.15) is 40.0 Å². The predicted molar refractivity (Wildman–Crippen MR) is 73.0 cm³/mol. The van der Waals surface area contributed by atoms with Gasteiger partial charge in [-0.1, -0.05) is 13.8 Å². The summed E-state index contributed by atoms with van der Waals surface area (Å²) in [6.45, 7) is 6.49. The van der Waals surface area contributed by atoms with Crippen molar-refractivity contribution < 1.29 is 4.79 Å². The average molecular weight is 256 g/mol. The van der Waals surface area contributed by atoms with Gasteiger partial charge in [0.1, 0.15) is 0 Å². The molecule has 2 heterocycles. The first kappa shape index (κ1) is 13.2. The molecule has 0 saturated carbocycles. The largest absolute Gasteiger partial charge is 0.323 e. The van der Waals surface area contributed by atoms with Crippen LogP contribution in [-0.4, -0.2) is 40.6 Å².